The number of benzene rings is 2. The maximum Gasteiger partial charge on any atom is 0.180 e. The van der Waals surface area contributed by atoms with Gasteiger partial charge in [-0.15, -0.1) is 0 Å². The molecule has 0 spiro atoms. The summed E-state index contributed by atoms with van der Waals surface area (Å²) >= 11 is 0. The van der Waals surface area contributed by atoms with Crippen molar-refractivity contribution in [1.29, 1.82) is 0 Å². The minimum atomic E-state index is -0.305. The number of carbonyl (C=O) groups is 1. The molecule has 2 heterocycles. The van der Waals surface area contributed by atoms with Crippen molar-refractivity contribution in [2.24, 2.45) is 0 Å². The predicted molar refractivity (Wildman–Crippen MR) is 152 cm³/mol. The summed E-state index contributed by atoms with van der Waals surface area (Å²) in [7, 11) is 8.16. The van der Waals surface area contributed by atoms with Crippen LogP contribution in [0.15, 0.2) is 36.4 Å². The fourth-order valence-electron chi connectivity index (χ4n) is 6.06. The molecule has 2 aliphatic heterocycles. The first-order valence-electron chi connectivity index (χ1n) is 12.9. The minimum Gasteiger partial charge on any atom is -0.399 e. The number of nitrogens with zero attached hydrogens (tertiary/aromatic N) is 4. The normalized spacial score (nSPS) is 19.5. The number of ketones is 1. The Morgan fingerprint density at radius 1 is 0.778 bits per heavy atom. The number of hydrogen-bond acceptors (Lipinski definition) is 7. The molecule has 2 aromatic carbocycles. The van der Waals surface area contributed by atoms with E-state index in [1.165, 1.54) is 11.1 Å². The fraction of sp³-hybridized carbons (Fsp3) is 0.552. The van der Waals surface area contributed by atoms with E-state index < -0.39 is 0 Å². The smallest absolute Gasteiger partial charge is 0.180 e. The van der Waals surface area contributed by atoms with Gasteiger partial charge in [0.1, 0.15) is 12.1 Å². The minimum absolute atomic E-state index is 0.0679. The van der Waals surface area contributed by atoms with Gasteiger partial charge in [-0.2, -0.15) is 0 Å². The SMILES string of the molecule is CN(C)CC(C(=O)C(CN(C)C)N1CC(C)(C)c2ccc(N)cc21)N1CC(C)(C)c2ccc(N)cc21. The highest BCUT2D eigenvalue weighted by Crippen LogP contribution is 2.45. The molecule has 0 saturated carbocycles. The van der Waals surface area contributed by atoms with Crippen LogP contribution >= 0.6 is 0 Å². The van der Waals surface area contributed by atoms with Crippen LogP contribution in [0.1, 0.15) is 38.8 Å². The molecule has 0 saturated heterocycles. The molecule has 0 fully saturated rings. The Bertz CT molecular complexity index is 1050. The van der Waals surface area contributed by atoms with E-state index in [9.17, 15) is 4.79 Å². The van der Waals surface area contributed by atoms with E-state index in [2.05, 4.69) is 59.4 Å². The quantitative estimate of drug-likeness (QED) is 0.548. The van der Waals surface area contributed by atoms with Crippen molar-refractivity contribution >= 4 is 28.5 Å². The number of Topliss-reactive ketones (excluding diaryl/α,β-unsaturated/α-hetero) is 1. The van der Waals surface area contributed by atoms with Gasteiger partial charge >= 0.3 is 0 Å². The summed E-state index contributed by atoms with van der Waals surface area (Å²) in [5.41, 5.74) is 18.4. The van der Waals surface area contributed by atoms with Crippen LogP contribution < -0.4 is 21.3 Å². The summed E-state index contributed by atoms with van der Waals surface area (Å²) in [4.78, 5) is 23.5. The van der Waals surface area contributed by atoms with Gasteiger partial charge in [0, 0.05) is 59.8 Å². The first-order valence-corrected chi connectivity index (χ1v) is 12.9. The average molecular weight is 493 g/mol. The summed E-state index contributed by atoms with van der Waals surface area (Å²) in [5, 5.41) is 0. The van der Waals surface area contributed by atoms with E-state index in [0.717, 1.165) is 35.8 Å². The van der Waals surface area contributed by atoms with Gasteiger partial charge in [0.15, 0.2) is 5.78 Å². The molecule has 2 unspecified atom stereocenters. The Morgan fingerprint density at radius 3 is 1.47 bits per heavy atom. The van der Waals surface area contributed by atoms with Crippen LogP contribution in [0.4, 0.5) is 22.7 Å². The van der Waals surface area contributed by atoms with Crippen molar-refractivity contribution in [3.63, 3.8) is 0 Å². The molecule has 0 aliphatic carbocycles. The van der Waals surface area contributed by atoms with Crippen molar-refractivity contribution in [2.45, 2.75) is 50.6 Å². The lowest BCUT2D eigenvalue weighted by Gasteiger charge is -2.39. The molecule has 7 nitrogen and oxygen atoms in total. The fourth-order valence-corrected chi connectivity index (χ4v) is 6.06. The average Bonchev–Trinajstić information content (AvgIpc) is 3.18. The highest BCUT2D eigenvalue weighted by Gasteiger charge is 2.46. The molecule has 2 aromatic rings. The number of carbonyl (C=O) groups excluding carboxylic acids is 1. The summed E-state index contributed by atoms with van der Waals surface area (Å²) in [6.07, 6.45) is 0. The third-order valence-corrected chi connectivity index (χ3v) is 7.74. The third kappa shape index (κ3) is 4.78. The molecule has 2 aliphatic rings. The van der Waals surface area contributed by atoms with Gasteiger partial charge in [-0.1, -0.05) is 39.8 Å². The number of nitrogens with two attached hydrogens (primary N) is 2. The van der Waals surface area contributed by atoms with Gasteiger partial charge < -0.3 is 31.1 Å². The largest absolute Gasteiger partial charge is 0.399 e. The zero-order chi connectivity index (χ0) is 26.6. The second-order valence-electron chi connectivity index (χ2n) is 12.5. The first-order chi connectivity index (χ1) is 16.7. The molecule has 0 aromatic heterocycles. The van der Waals surface area contributed by atoms with Gasteiger partial charge in [-0.3, -0.25) is 4.79 Å². The molecule has 4 rings (SSSR count). The van der Waals surface area contributed by atoms with Crippen molar-refractivity contribution < 1.29 is 4.79 Å². The lowest BCUT2D eigenvalue weighted by atomic mass is 9.87. The number of nitrogen functional groups attached to an aromatic ring is 2. The van der Waals surface area contributed by atoms with E-state index in [1.54, 1.807) is 0 Å². The van der Waals surface area contributed by atoms with Crippen molar-refractivity contribution in [2.75, 3.05) is 75.6 Å². The Hall–Kier alpha value is -2.77. The van der Waals surface area contributed by atoms with Gasteiger partial charge in [-0.05, 0) is 63.6 Å². The van der Waals surface area contributed by atoms with Crippen LogP contribution in [0, 0.1) is 0 Å². The second kappa shape index (κ2) is 9.27. The number of likely N-dealkylation sites (N-methyl/N-ethyl adjacent to an activating group) is 2. The summed E-state index contributed by atoms with van der Waals surface area (Å²) in [6, 6.07) is 11.7. The number of fused-ring (bicyclic) bond motifs is 2. The Morgan fingerprint density at radius 2 is 1.14 bits per heavy atom. The van der Waals surface area contributed by atoms with Crippen LogP contribution in [0.25, 0.3) is 0 Å². The Balaban J connectivity index is 1.79. The van der Waals surface area contributed by atoms with Crippen LogP contribution in [0.2, 0.25) is 0 Å². The van der Waals surface area contributed by atoms with E-state index in [1.807, 2.05) is 52.5 Å². The third-order valence-electron chi connectivity index (χ3n) is 7.74. The van der Waals surface area contributed by atoms with Crippen LogP contribution in [-0.4, -0.2) is 82.0 Å². The topological polar surface area (TPSA) is 82.1 Å². The highest BCUT2D eigenvalue weighted by atomic mass is 16.1. The maximum absolute atomic E-state index is 14.7. The second-order valence-corrected chi connectivity index (χ2v) is 12.5. The number of hydrogen-bond donors (Lipinski definition) is 2. The predicted octanol–water partition coefficient (Wildman–Crippen LogP) is 3.18. The summed E-state index contributed by atoms with van der Waals surface area (Å²) in [5.74, 6) is 0.231. The monoisotopic (exact) mass is 492 g/mol. The zero-order valence-electron chi connectivity index (χ0n) is 23.3. The Labute approximate surface area is 217 Å². The lowest BCUT2D eigenvalue weighted by Crippen LogP contribution is -2.58. The van der Waals surface area contributed by atoms with E-state index >= 15 is 0 Å². The van der Waals surface area contributed by atoms with Gasteiger partial charge in [-0.25, -0.2) is 0 Å². The number of anilines is 4. The lowest BCUT2D eigenvalue weighted by molar-refractivity contribution is -0.122. The van der Waals surface area contributed by atoms with Crippen molar-refractivity contribution in [3.8, 4) is 0 Å². The molecule has 2 atom stereocenters. The standard InChI is InChI=1S/C29H44N6O/c1-28(2)17-34(23-13-19(30)9-11-21(23)28)25(15-32(5)6)27(36)26(16-33(7)8)35-18-29(3,4)22-12-10-20(31)14-24(22)35/h9-14,25-26H,15-18,30-31H2,1-8H3. The van der Waals surface area contributed by atoms with Crippen LogP contribution in [-0.2, 0) is 15.6 Å². The van der Waals surface area contributed by atoms with E-state index in [0.29, 0.717) is 13.1 Å². The van der Waals surface area contributed by atoms with Crippen molar-refractivity contribution in [3.05, 3.63) is 47.5 Å². The number of rotatable bonds is 8. The van der Waals surface area contributed by atoms with Gasteiger partial charge in [0.25, 0.3) is 0 Å². The maximum atomic E-state index is 14.7. The summed E-state index contributed by atoms with van der Waals surface area (Å²) < 4.78 is 0. The molecular weight excluding hydrogens is 448 g/mol. The highest BCUT2D eigenvalue weighted by molar-refractivity contribution is 5.96. The van der Waals surface area contributed by atoms with E-state index in [4.69, 9.17) is 11.5 Å². The molecule has 0 radical (unpaired) electrons. The summed E-state index contributed by atoms with van der Waals surface area (Å²) in [6.45, 7) is 11.8. The molecule has 196 valence electrons. The van der Waals surface area contributed by atoms with Crippen molar-refractivity contribution in [1.82, 2.24) is 9.80 Å². The Kier molecular flexibility index (Phi) is 6.77. The van der Waals surface area contributed by atoms with E-state index in [-0.39, 0.29) is 28.7 Å². The van der Waals surface area contributed by atoms with Crippen LogP contribution in [0.5, 0.6) is 0 Å². The van der Waals surface area contributed by atoms with Gasteiger partial charge in [0.2, 0.25) is 0 Å². The molecule has 0 bridgehead atoms. The van der Waals surface area contributed by atoms with Gasteiger partial charge in [0.05, 0.1) is 0 Å². The molecule has 36 heavy (non-hydrogen) atoms. The van der Waals surface area contributed by atoms with Crippen LogP contribution in [0.3, 0.4) is 0 Å². The molecule has 7 heteroatoms. The zero-order valence-corrected chi connectivity index (χ0v) is 23.3. The molecule has 4 N–H and O–H groups in total. The first kappa shape index (κ1) is 26.3. The molecule has 0 amide bonds. The molecular formula is C29H44N6O.